The summed E-state index contributed by atoms with van der Waals surface area (Å²) in [5.41, 5.74) is 7.96. The third-order valence-corrected chi connectivity index (χ3v) is 12.2. The molecule has 4 aromatic carbocycles. The molecular formula is C37H28N2OS4. The van der Waals surface area contributed by atoms with Gasteiger partial charge < -0.3 is 4.74 Å². The standard InChI is InChI=1S/C37H28N2OS4/c1-5-40-25-14-12-24(13-15-25)37-39-29-19-26(30-16-8-21(3)41-30)34-32-28(38-36(43-34)23-10-6-20(2)7-11-23)18-27(35(44-37)33(29)32)31-17-9-22(4)42-31/h6-19H,5H2,1-4H3. The number of benzene rings is 4. The smallest absolute Gasteiger partial charge is 0.119 e. The molecule has 0 fully saturated rings. The highest BCUT2D eigenvalue weighted by Crippen LogP contribution is 2.57. The van der Waals surface area contributed by atoms with Crippen molar-refractivity contribution in [2.24, 2.45) is 9.98 Å². The van der Waals surface area contributed by atoms with Crippen LogP contribution in [0.1, 0.15) is 33.4 Å². The first-order chi connectivity index (χ1) is 21.4. The quantitative estimate of drug-likeness (QED) is 0.181. The summed E-state index contributed by atoms with van der Waals surface area (Å²) < 4.78 is 5.73. The highest BCUT2D eigenvalue weighted by Gasteiger charge is 2.30. The molecule has 2 aliphatic rings. The first-order valence-corrected chi connectivity index (χ1v) is 17.9. The molecule has 6 aromatic rings. The van der Waals surface area contributed by atoms with Gasteiger partial charge in [0.25, 0.3) is 0 Å². The van der Waals surface area contributed by atoms with E-state index in [1.165, 1.54) is 56.8 Å². The Bertz CT molecular complexity index is 2150. The zero-order valence-corrected chi connectivity index (χ0v) is 28.0. The van der Waals surface area contributed by atoms with Crippen molar-refractivity contribution in [3.8, 4) is 26.6 Å². The molecule has 0 aliphatic carbocycles. The second-order valence-electron chi connectivity index (χ2n) is 11.0. The predicted molar refractivity (Wildman–Crippen MR) is 193 cm³/mol. The van der Waals surface area contributed by atoms with Gasteiger partial charge in [-0.05, 0) is 88.4 Å². The van der Waals surface area contributed by atoms with Crippen LogP contribution in [0, 0.1) is 20.8 Å². The van der Waals surface area contributed by atoms with Crippen LogP contribution in [0.3, 0.4) is 0 Å². The molecule has 0 saturated carbocycles. The van der Waals surface area contributed by atoms with E-state index in [0.29, 0.717) is 6.61 Å². The maximum absolute atomic E-state index is 5.73. The first-order valence-electron chi connectivity index (χ1n) is 14.6. The molecule has 7 heteroatoms. The molecule has 8 rings (SSSR count). The van der Waals surface area contributed by atoms with Gasteiger partial charge in [-0.25, -0.2) is 9.98 Å². The van der Waals surface area contributed by atoms with Crippen LogP contribution in [0.4, 0.5) is 11.4 Å². The summed E-state index contributed by atoms with van der Waals surface area (Å²) in [4.78, 5) is 18.3. The van der Waals surface area contributed by atoms with Crippen LogP contribution in [0.2, 0.25) is 0 Å². The largest absolute Gasteiger partial charge is 0.494 e. The van der Waals surface area contributed by atoms with E-state index >= 15 is 0 Å². The number of ether oxygens (including phenoxy) is 1. The Kier molecular flexibility index (Phi) is 7.02. The zero-order chi connectivity index (χ0) is 29.9. The molecule has 0 amide bonds. The third kappa shape index (κ3) is 4.83. The number of hydrogen-bond acceptors (Lipinski definition) is 7. The first kappa shape index (κ1) is 27.9. The molecular weight excluding hydrogens is 617 g/mol. The summed E-state index contributed by atoms with van der Waals surface area (Å²) in [5, 5.41) is 4.44. The van der Waals surface area contributed by atoms with Crippen molar-refractivity contribution < 1.29 is 4.74 Å². The second-order valence-corrected chi connectivity index (χ2v) is 15.6. The summed E-state index contributed by atoms with van der Waals surface area (Å²) in [6.07, 6.45) is 0. The maximum atomic E-state index is 5.73. The Hall–Kier alpha value is -3.62. The van der Waals surface area contributed by atoms with E-state index < -0.39 is 0 Å². The number of thioether (sulfide) groups is 2. The Morgan fingerprint density at radius 3 is 1.50 bits per heavy atom. The van der Waals surface area contributed by atoms with E-state index in [-0.39, 0.29) is 0 Å². The highest BCUT2D eigenvalue weighted by molar-refractivity contribution is 8.15. The lowest BCUT2D eigenvalue weighted by atomic mass is 9.98. The van der Waals surface area contributed by atoms with Crippen molar-refractivity contribution in [1.82, 2.24) is 0 Å². The SMILES string of the molecule is CCOc1ccc(C2=Nc3cc(-c4ccc(C)s4)c4c5c(cc(-c6ccc(C)s6)c(c35)S2)N=C(c2ccc(C)cc2)S4)cc1. The van der Waals surface area contributed by atoms with Crippen molar-refractivity contribution in [2.45, 2.75) is 37.5 Å². The van der Waals surface area contributed by atoms with Gasteiger partial charge in [-0.1, -0.05) is 53.4 Å². The van der Waals surface area contributed by atoms with Crippen molar-refractivity contribution in [2.75, 3.05) is 6.61 Å². The fourth-order valence-corrected chi connectivity index (χ4v) is 9.98. The molecule has 3 nitrogen and oxygen atoms in total. The lowest BCUT2D eigenvalue weighted by Crippen LogP contribution is -2.05. The van der Waals surface area contributed by atoms with Gasteiger partial charge in [-0.15, -0.1) is 22.7 Å². The van der Waals surface area contributed by atoms with Gasteiger partial charge in [0.1, 0.15) is 15.8 Å². The van der Waals surface area contributed by atoms with Crippen LogP contribution < -0.4 is 4.74 Å². The molecule has 2 aromatic heterocycles. The molecule has 0 spiro atoms. The molecule has 0 bridgehead atoms. The molecule has 2 aliphatic heterocycles. The fraction of sp³-hybridized carbons (Fsp3) is 0.135. The lowest BCUT2D eigenvalue weighted by molar-refractivity contribution is 0.340. The fourth-order valence-electron chi connectivity index (χ4n) is 5.71. The molecule has 0 atom stereocenters. The lowest BCUT2D eigenvalue weighted by Gasteiger charge is -2.26. The Labute approximate surface area is 273 Å². The van der Waals surface area contributed by atoms with Crippen molar-refractivity contribution in [3.05, 3.63) is 111 Å². The molecule has 0 N–H and O–H groups in total. The van der Waals surface area contributed by atoms with E-state index in [1.54, 1.807) is 23.5 Å². The second kappa shape index (κ2) is 11.1. The Morgan fingerprint density at radius 2 is 1.07 bits per heavy atom. The normalized spacial score (nSPS) is 13.6. The monoisotopic (exact) mass is 644 g/mol. The maximum Gasteiger partial charge on any atom is 0.119 e. The molecule has 4 heterocycles. The molecule has 0 radical (unpaired) electrons. The van der Waals surface area contributed by atoms with Gasteiger partial charge in [0.2, 0.25) is 0 Å². The predicted octanol–water partition coefficient (Wildman–Crippen LogP) is 12.0. The van der Waals surface area contributed by atoms with Crippen molar-refractivity contribution >= 4 is 78.4 Å². The third-order valence-electron chi connectivity index (χ3n) is 7.83. The van der Waals surface area contributed by atoms with Crippen LogP contribution in [-0.2, 0) is 0 Å². The summed E-state index contributed by atoms with van der Waals surface area (Å²) in [6, 6.07) is 30.6. The van der Waals surface area contributed by atoms with E-state index in [9.17, 15) is 0 Å². The number of thiophene rings is 2. The summed E-state index contributed by atoms with van der Waals surface area (Å²) >= 11 is 7.23. The minimum Gasteiger partial charge on any atom is -0.494 e. The molecule has 0 unspecified atom stereocenters. The average Bonchev–Trinajstić information content (AvgIpc) is 3.67. The van der Waals surface area contributed by atoms with Crippen molar-refractivity contribution in [1.29, 1.82) is 0 Å². The zero-order valence-electron chi connectivity index (χ0n) is 24.7. The van der Waals surface area contributed by atoms with Gasteiger partial charge >= 0.3 is 0 Å². The summed E-state index contributed by atoms with van der Waals surface area (Å²) in [5.74, 6) is 0.876. The van der Waals surface area contributed by atoms with E-state index in [4.69, 9.17) is 14.7 Å². The topological polar surface area (TPSA) is 34.0 Å². The number of rotatable bonds is 6. The number of hydrogen-bond donors (Lipinski definition) is 0. The van der Waals surface area contributed by atoms with Crippen molar-refractivity contribution in [3.63, 3.8) is 0 Å². The van der Waals surface area contributed by atoms with Gasteiger partial charge in [-0.3, -0.25) is 0 Å². The van der Waals surface area contributed by atoms with Gasteiger partial charge in [0.15, 0.2) is 0 Å². The van der Waals surface area contributed by atoms with E-state index in [0.717, 1.165) is 38.3 Å². The van der Waals surface area contributed by atoms with Crippen LogP contribution in [0.5, 0.6) is 5.75 Å². The minimum atomic E-state index is 0.649. The summed E-state index contributed by atoms with van der Waals surface area (Å²) in [6.45, 7) is 9.14. The van der Waals surface area contributed by atoms with Crippen LogP contribution >= 0.6 is 46.2 Å². The number of aliphatic imine (C=N–C) groups is 2. The van der Waals surface area contributed by atoms with E-state index in [1.807, 2.05) is 41.7 Å². The van der Waals surface area contributed by atoms with Crippen LogP contribution in [0.25, 0.3) is 31.7 Å². The van der Waals surface area contributed by atoms with Gasteiger partial charge in [0, 0.05) is 62.3 Å². The van der Waals surface area contributed by atoms with E-state index in [2.05, 4.69) is 93.6 Å². The molecule has 0 saturated heterocycles. The Balaban J connectivity index is 1.42. The van der Waals surface area contributed by atoms with Crippen LogP contribution in [-0.4, -0.2) is 16.7 Å². The summed E-state index contributed by atoms with van der Waals surface area (Å²) in [7, 11) is 0. The van der Waals surface area contributed by atoms with Crippen LogP contribution in [0.15, 0.2) is 105 Å². The minimum absolute atomic E-state index is 0.649. The van der Waals surface area contributed by atoms with Gasteiger partial charge in [0.05, 0.1) is 18.0 Å². The Morgan fingerprint density at radius 1 is 0.591 bits per heavy atom. The van der Waals surface area contributed by atoms with Gasteiger partial charge in [-0.2, -0.15) is 0 Å². The molecule has 216 valence electrons. The number of nitrogens with zero attached hydrogens (tertiary/aromatic N) is 2. The highest BCUT2D eigenvalue weighted by atomic mass is 32.2. The average molecular weight is 645 g/mol. The number of aryl methyl sites for hydroxylation is 3. The molecule has 44 heavy (non-hydrogen) atoms.